The van der Waals surface area contributed by atoms with E-state index in [1.807, 2.05) is 0 Å². The number of aliphatic imine (C=N–C) groups is 1. The van der Waals surface area contributed by atoms with Gasteiger partial charge in [0.2, 0.25) is 5.91 Å². The van der Waals surface area contributed by atoms with Gasteiger partial charge in [-0.2, -0.15) is 0 Å². The van der Waals surface area contributed by atoms with Gasteiger partial charge in [0, 0.05) is 18.8 Å². The summed E-state index contributed by atoms with van der Waals surface area (Å²) < 4.78 is 23.7. The second kappa shape index (κ2) is 5.83. The van der Waals surface area contributed by atoms with Crippen LogP contribution in [0.1, 0.15) is 6.42 Å². The summed E-state index contributed by atoms with van der Waals surface area (Å²) >= 11 is 3.13. The molecule has 2 aliphatic rings. The second-order valence-corrected chi connectivity index (χ2v) is 8.88. The zero-order valence-corrected chi connectivity index (χ0v) is 12.6. The Kier molecular flexibility index (Phi) is 4.60. The first kappa shape index (κ1) is 14.2. The molecular formula is C10H16N2O3S3. The molecular weight excluding hydrogens is 292 g/mol. The number of carbonyl (C=O) groups excluding carboxylic acids is 1. The molecule has 2 aliphatic heterocycles. The van der Waals surface area contributed by atoms with Crippen LogP contribution in [0.2, 0.25) is 0 Å². The van der Waals surface area contributed by atoms with Gasteiger partial charge in [-0.15, -0.1) is 0 Å². The van der Waals surface area contributed by atoms with Crippen molar-refractivity contribution in [2.45, 2.75) is 12.5 Å². The molecule has 0 spiro atoms. The van der Waals surface area contributed by atoms with Crippen LogP contribution in [0.4, 0.5) is 0 Å². The predicted octanol–water partition coefficient (Wildman–Crippen LogP) is 0.468. The Balaban J connectivity index is 1.81. The Hall–Kier alpha value is -0.210. The average molecular weight is 308 g/mol. The van der Waals surface area contributed by atoms with Gasteiger partial charge in [0.05, 0.1) is 23.8 Å². The van der Waals surface area contributed by atoms with Gasteiger partial charge in [0.1, 0.15) is 4.38 Å². The number of hydrogen-bond donors (Lipinski definition) is 0. The van der Waals surface area contributed by atoms with Crippen LogP contribution in [0.5, 0.6) is 0 Å². The summed E-state index contributed by atoms with van der Waals surface area (Å²) in [4.78, 5) is 17.8. The monoisotopic (exact) mass is 308 g/mol. The Morgan fingerprint density at radius 2 is 2.39 bits per heavy atom. The first-order chi connectivity index (χ1) is 8.48. The van der Waals surface area contributed by atoms with Gasteiger partial charge in [-0.05, 0) is 6.42 Å². The highest BCUT2D eigenvalue weighted by molar-refractivity contribution is 8.39. The van der Waals surface area contributed by atoms with Crippen molar-refractivity contribution in [1.82, 2.24) is 4.90 Å². The lowest BCUT2D eigenvalue weighted by atomic mass is 10.2. The summed E-state index contributed by atoms with van der Waals surface area (Å²) in [7, 11) is -1.24. The molecule has 0 saturated carbocycles. The molecule has 102 valence electrons. The van der Waals surface area contributed by atoms with Crippen molar-refractivity contribution in [3.8, 4) is 0 Å². The number of amides is 1. The first-order valence-corrected chi connectivity index (χ1v) is 9.53. The van der Waals surface area contributed by atoms with Gasteiger partial charge in [-0.25, -0.2) is 8.42 Å². The van der Waals surface area contributed by atoms with Crippen LogP contribution in [-0.2, 0) is 14.6 Å². The molecule has 1 fully saturated rings. The highest BCUT2D eigenvalue weighted by Crippen LogP contribution is 2.23. The van der Waals surface area contributed by atoms with Crippen molar-refractivity contribution in [2.75, 3.05) is 36.6 Å². The number of carbonyl (C=O) groups is 1. The molecule has 1 atom stereocenters. The number of nitrogens with zero attached hydrogens (tertiary/aromatic N) is 2. The summed E-state index contributed by atoms with van der Waals surface area (Å²) in [5.41, 5.74) is 0. The third-order valence-corrected chi connectivity index (χ3v) is 7.01. The zero-order chi connectivity index (χ0) is 13.2. The van der Waals surface area contributed by atoms with Crippen molar-refractivity contribution < 1.29 is 13.2 Å². The minimum absolute atomic E-state index is 0.0164. The molecule has 8 heteroatoms. The molecule has 2 rings (SSSR count). The lowest BCUT2D eigenvalue weighted by Crippen LogP contribution is -2.39. The molecule has 18 heavy (non-hydrogen) atoms. The Morgan fingerprint density at radius 1 is 1.61 bits per heavy atom. The van der Waals surface area contributed by atoms with Crippen LogP contribution >= 0.6 is 23.5 Å². The fourth-order valence-corrected chi connectivity index (χ4v) is 5.62. The molecule has 1 unspecified atom stereocenters. The lowest BCUT2D eigenvalue weighted by Gasteiger charge is -2.23. The van der Waals surface area contributed by atoms with E-state index >= 15 is 0 Å². The Bertz CT molecular complexity index is 461. The molecule has 2 heterocycles. The van der Waals surface area contributed by atoms with Gasteiger partial charge in [0.15, 0.2) is 9.84 Å². The van der Waals surface area contributed by atoms with Crippen molar-refractivity contribution in [3.63, 3.8) is 0 Å². The molecule has 0 N–H and O–H groups in total. The van der Waals surface area contributed by atoms with Gasteiger partial charge in [-0.1, -0.05) is 23.5 Å². The van der Waals surface area contributed by atoms with Crippen molar-refractivity contribution in [3.05, 3.63) is 0 Å². The van der Waals surface area contributed by atoms with E-state index in [4.69, 9.17) is 0 Å². The summed E-state index contributed by atoms with van der Waals surface area (Å²) in [6.07, 6.45) is 0.560. The van der Waals surface area contributed by atoms with E-state index in [2.05, 4.69) is 4.99 Å². The van der Waals surface area contributed by atoms with E-state index in [0.29, 0.717) is 12.2 Å². The maximum absolute atomic E-state index is 11.9. The van der Waals surface area contributed by atoms with Crippen LogP contribution in [0, 0.1) is 0 Å². The minimum Gasteiger partial charge on any atom is -0.341 e. The summed E-state index contributed by atoms with van der Waals surface area (Å²) in [5, 5.41) is 0. The number of sulfone groups is 1. The predicted molar refractivity (Wildman–Crippen MR) is 77.0 cm³/mol. The van der Waals surface area contributed by atoms with E-state index in [0.717, 1.165) is 16.7 Å². The van der Waals surface area contributed by atoms with Crippen LogP contribution < -0.4 is 0 Å². The number of rotatable bonds is 3. The second-order valence-electron chi connectivity index (χ2n) is 4.35. The fourth-order valence-electron chi connectivity index (χ4n) is 1.91. The van der Waals surface area contributed by atoms with E-state index in [-0.39, 0.29) is 23.5 Å². The molecule has 0 aliphatic carbocycles. The molecule has 0 radical (unpaired) electrons. The zero-order valence-electron chi connectivity index (χ0n) is 10.2. The standard InChI is InChI=1S/C10H16N2O3S3/c1-12(8-2-5-18(14,15)7-8)9(13)6-17-10-11-3-4-16-10/h8H,2-7H2,1H3. The average Bonchev–Trinajstić information content (AvgIpc) is 2.94. The highest BCUT2D eigenvalue weighted by Gasteiger charge is 2.32. The van der Waals surface area contributed by atoms with Crippen LogP contribution in [0.25, 0.3) is 0 Å². The molecule has 1 amide bonds. The lowest BCUT2D eigenvalue weighted by molar-refractivity contribution is -0.128. The smallest absolute Gasteiger partial charge is 0.233 e. The molecule has 0 aromatic heterocycles. The van der Waals surface area contributed by atoms with E-state index in [1.54, 1.807) is 23.7 Å². The Labute approximate surface area is 116 Å². The summed E-state index contributed by atoms with van der Waals surface area (Å²) in [5.74, 6) is 1.63. The molecule has 5 nitrogen and oxygen atoms in total. The first-order valence-electron chi connectivity index (χ1n) is 5.74. The summed E-state index contributed by atoms with van der Waals surface area (Å²) in [6.45, 7) is 0.831. The highest BCUT2D eigenvalue weighted by atomic mass is 32.2. The normalized spacial score (nSPS) is 26.1. The van der Waals surface area contributed by atoms with Gasteiger partial charge < -0.3 is 4.90 Å². The molecule has 0 aromatic carbocycles. The van der Waals surface area contributed by atoms with Crippen molar-refractivity contribution in [2.24, 2.45) is 4.99 Å². The SMILES string of the molecule is CN(C(=O)CSC1=NCCS1)C1CCS(=O)(=O)C1. The van der Waals surface area contributed by atoms with Crippen LogP contribution in [0.15, 0.2) is 4.99 Å². The van der Waals surface area contributed by atoms with E-state index < -0.39 is 9.84 Å². The third kappa shape index (κ3) is 3.64. The van der Waals surface area contributed by atoms with Gasteiger partial charge in [-0.3, -0.25) is 9.79 Å². The Morgan fingerprint density at radius 3 is 2.94 bits per heavy atom. The van der Waals surface area contributed by atoms with E-state index in [9.17, 15) is 13.2 Å². The van der Waals surface area contributed by atoms with Gasteiger partial charge in [0.25, 0.3) is 0 Å². The van der Waals surface area contributed by atoms with Crippen LogP contribution in [0.3, 0.4) is 0 Å². The van der Waals surface area contributed by atoms with Crippen molar-refractivity contribution >= 4 is 43.6 Å². The largest absolute Gasteiger partial charge is 0.341 e. The van der Waals surface area contributed by atoms with Gasteiger partial charge >= 0.3 is 0 Å². The molecule has 0 aromatic rings. The minimum atomic E-state index is -2.93. The maximum Gasteiger partial charge on any atom is 0.233 e. The van der Waals surface area contributed by atoms with E-state index in [1.165, 1.54) is 11.8 Å². The van der Waals surface area contributed by atoms with Crippen LogP contribution in [-0.4, -0.2) is 66.2 Å². The quantitative estimate of drug-likeness (QED) is 0.758. The molecule has 1 saturated heterocycles. The fraction of sp³-hybridized carbons (Fsp3) is 0.800. The van der Waals surface area contributed by atoms with Crippen molar-refractivity contribution in [1.29, 1.82) is 0 Å². The number of thioether (sulfide) groups is 2. The maximum atomic E-state index is 11.9. The topological polar surface area (TPSA) is 66.8 Å². The molecule has 0 bridgehead atoms. The third-order valence-electron chi connectivity index (χ3n) is 3.03. The summed E-state index contributed by atoms with van der Waals surface area (Å²) in [6, 6.07) is -0.152. The number of hydrogen-bond acceptors (Lipinski definition) is 6.